The number of carbonyl (C=O) groups is 4. The van der Waals surface area contributed by atoms with Crippen LogP contribution in [0.4, 0.5) is 0 Å². The number of nitrogens with zero attached hydrogens (tertiary/aromatic N) is 3. The number of pyridine rings is 1. The van der Waals surface area contributed by atoms with E-state index in [1.165, 1.54) is 10.6 Å². The Labute approximate surface area is 203 Å². The molecule has 0 aliphatic heterocycles. The lowest BCUT2D eigenvalue weighted by Gasteiger charge is -2.16. The molecule has 2 N–H and O–H groups in total. The molecule has 1 aliphatic carbocycles. The van der Waals surface area contributed by atoms with Gasteiger partial charge >= 0.3 is 0 Å². The third-order valence-corrected chi connectivity index (χ3v) is 5.97. The van der Waals surface area contributed by atoms with Crippen molar-refractivity contribution >= 4 is 28.9 Å². The van der Waals surface area contributed by atoms with E-state index in [1.54, 1.807) is 36.4 Å². The van der Waals surface area contributed by atoms with Crippen LogP contribution in [0.3, 0.4) is 0 Å². The highest BCUT2D eigenvalue weighted by Gasteiger charge is 2.38. The Bertz CT molecular complexity index is 1340. The summed E-state index contributed by atoms with van der Waals surface area (Å²) in [6.45, 7) is 2.13. The minimum atomic E-state index is -0.436. The van der Waals surface area contributed by atoms with Crippen LogP contribution < -0.4 is 10.6 Å². The van der Waals surface area contributed by atoms with Crippen molar-refractivity contribution in [1.82, 2.24) is 24.8 Å². The Kier molecular flexibility index (Phi) is 6.81. The minimum absolute atomic E-state index is 0.0706. The number of carbonyl (C=O) groups excluding carboxylic acids is 4. The number of rotatable bonds is 8. The first-order valence-corrected chi connectivity index (χ1v) is 11.4. The van der Waals surface area contributed by atoms with Gasteiger partial charge in [-0.3, -0.25) is 19.2 Å². The first kappa shape index (κ1) is 24.3. The molecule has 3 aromatic rings. The zero-order valence-electron chi connectivity index (χ0n) is 20.3. The molecule has 9 nitrogen and oxygen atoms in total. The first-order chi connectivity index (χ1) is 16.7. The van der Waals surface area contributed by atoms with Crippen LogP contribution in [-0.4, -0.2) is 92.0 Å². The van der Waals surface area contributed by atoms with Crippen LogP contribution in [0.25, 0.3) is 5.52 Å². The van der Waals surface area contributed by atoms with E-state index in [1.807, 2.05) is 38.0 Å². The predicted molar refractivity (Wildman–Crippen MR) is 132 cm³/mol. The van der Waals surface area contributed by atoms with Gasteiger partial charge in [0.1, 0.15) is 5.69 Å². The number of benzene rings is 1. The average molecular weight is 476 g/mol. The van der Waals surface area contributed by atoms with Crippen molar-refractivity contribution in [3.8, 4) is 0 Å². The standard InChI is InChI=1S/C26H29N5O4/c1-29(2)13-11-27-25(34)16-9-10-19-20(26(35)28-12-14-30(3)4)21-22(31(19)15-16)24(33)18-8-6-5-7-17(18)23(21)32/h5-10,15H,11-14H2,1-4H3,(H,27,34)(H,28,35). The molecule has 1 aliphatic rings. The number of aromatic nitrogens is 1. The highest BCUT2D eigenvalue weighted by Crippen LogP contribution is 2.34. The van der Waals surface area contributed by atoms with Crippen LogP contribution in [-0.2, 0) is 0 Å². The van der Waals surface area contributed by atoms with Crippen LogP contribution in [0.5, 0.6) is 0 Å². The molecule has 35 heavy (non-hydrogen) atoms. The van der Waals surface area contributed by atoms with Crippen molar-refractivity contribution in [2.45, 2.75) is 0 Å². The monoisotopic (exact) mass is 475 g/mol. The second-order valence-corrected chi connectivity index (χ2v) is 9.09. The van der Waals surface area contributed by atoms with E-state index in [-0.39, 0.29) is 45.4 Å². The maximum absolute atomic E-state index is 13.5. The maximum Gasteiger partial charge on any atom is 0.254 e. The van der Waals surface area contributed by atoms with E-state index >= 15 is 0 Å². The lowest BCUT2D eigenvalue weighted by Crippen LogP contribution is -2.32. The summed E-state index contributed by atoms with van der Waals surface area (Å²) in [5, 5.41) is 5.70. The third kappa shape index (κ3) is 4.60. The molecule has 9 heteroatoms. The summed E-state index contributed by atoms with van der Waals surface area (Å²) < 4.78 is 1.51. The second-order valence-electron chi connectivity index (χ2n) is 9.09. The molecule has 0 fully saturated rings. The van der Waals surface area contributed by atoms with Crippen LogP contribution in [0, 0.1) is 0 Å². The predicted octanol–water partition coefficient (Wildman–Crippen LogP) is 1.30. The summed E-state index contributed by atoms with van der Waals surface area (Å²) in [5.41, 5.74) is 1.59. The average Bonchev–Trinajstić information content (AvgIpc) is 3.17. The van der Waals surface area contributed by atoms with Crippen molar-refractivity contribution in [3.63, 3.8) is 0 Å². The highest BCUT2D eigenvalue weighted by molar-refractivity contribution is 6.32. The third-order valence-electron chi connectivity index (χ3n) is 5.97. The fourth-order valence-electron chi connectivity index (χ4n) is 4.18. The summed E-state index contributed by atoms with van der Waals surface area (Å²) in [5.74, 6) is -1.48. The fourth-order valence-corrected chi connectivity index (χ4v) is 4.18. The number of fused-ring (bicyclic) bond motifs is 4. The van der Waals surface area contributed by atoms with Crippen LogP contribution in [0.2, 0.25) is 0 Å². The van der Waals surface area contributed by atoms with Gasteiger partial charge in [-0.1, -0.05) is 24.3 Å². The number of hydrogen-bond donors (Lipinski definition) is 2. The van der Waals surface area contributed by atoms with Gasteiger partial charge in [0.15, 0.2) is 5.78 Å². The first-order valence-electron chi connectivity index (χ1n) is 11.4. The Morgan fingerprint density at radius 3 is 1.97 bits per heavy atom. The zero-order chi connectivity index (χ0) is 25.3. The van der Waals surface area contributed by atoms with E-state index in [9.17, 15) is 19.2 Å². The summed E-state index contributed by atoms with van der Waals surface area (Å²) >= 11 is 0. The molecule has 0 bridgehead atoms. The molecular formula is C26H29N5O4. The molecule has 1 aromatic carbocycles. The van der Waals surface area contributed by atoms with E-state index in [0.717, 1.165) is 0 Å². The summed E-state index contributed by atoms with van der Waals surface area (Å²) in [6, 6.07) is 9.81. The highest BCUT2D eigenvalue weighted by atomic mass is 16.2. The summed E-state index contributed by atoms with van der Waals surface area (Å²) in [7, 11) is 7.61. The molecule has 0 unspecified atom stereocenters. The van der Waals surface area contributed by atoms with Gasteiger partial charge in [0.2, 0.25) is 5.78 Å². The Hall–Kier alpha value is -3.82. The van der Waals surface area contributed by atoms with Crippen molar-refractivity contribution in [2.24, 2.45) is 0 Å². The minimum Gasteiger partial charge on any atom is -0.351 e. The molecule has 0 radical (unpaired) electrons. The summed E-state index contributed by atoms with van der Waals surface area (Å²) in [6.07, 6.45) is 1.52. The number of nitrogens with one attached hydrogen (secondary N) is 2. The molecular weight excluding hydrogens is 446 g/mol. The smallest absolute Gasteiger partial charge is 0.254 e. The zero-order valence-corrected chi connectivity index (χ0v) is 20.3. The Morgan fingerprint density at radius 1 is 0.800 bits per heavy atom. The quantitative estimate of drug-likeness (QED) is 0.398. The fraction of sp³-hybridized carbons (Fsp3) is 0.308. The van der Waals surface area contributed by atoms with Gasteiger partial charge in [-0.05, 0) is 40.3 Å². The van der Waals surface area contributed by atoms with Crippen LogP contribution in [0.15, 0.2) is 42.6 Å². The molecule has 0 saturated heterocycles. The van der Waals surface area contributed by atoms with Crippen LogP contribution in [0.1, 0.15) is 52.7 Å². The van der Waals surface area contributed by atoms with Gasteiger partial charge in [0, 0.05) is 43.5 Å². The lowest BCUT2D eigenvalue weighted by molar-refractivity contribution is 0.0935. The van der Waals surface area contributed by atoms with Gasteiger partial charge < -0.3 is 24.8 Å². The van der Waals surface area contributed by atoms with Gasteiger partial charge in [0.25, 0.3) is 11.8 Å². The summed E-state index contributed by atoms with van der Waals surface area (Å²) in [4.78, 5) is 56.9. The van der Waals surface area contributed by atoms with Gasteiger partial charge in [0.05, 0.1) is 22.2 Å². The van der Waals surface area contributed by atoms with Crippen molar-refractivity contribution in [2.75, 3.05) is 54.4 Å². The maximum atomic E-state index is 13.5. The molecule has 2 heterocycles. The SMILES string of the molecule is CN(C)CCNC(=O)c1ccc2c(C(=O)NCCN(C)C)c3c(n2c1)C(=O)c1ccccc1C3=O. The van der Waals surface area contributed by atoms with Crippen molar-refractivity contribution in [1.29, 1.82) is 0 Å². The van der Waals surface area contributed by atoms with Crippen molar-refractivity contribution < 1.29 is 19.2 Å². The number of hydrogen-bond acceptors (Lipinski definition) is 6. The molecule has 0 atom stereocenters. The molecule has 0 spiro atoms. The van der Waals surface area contributed by atoms with E-state index < -0.39 is 5.91 Å². The second kappa shape index (κ2) is 9.81. The van der Waals surface area contributed by atoms with Gasteiger partial charge in [-0.15, -0.1) is 0 Å². The normalized spacial score (nSPS) is 12.7. The largest absolute Gasteiger partial charge is 0.351 e. The molecule has 4 rings (SSSR count). The van der Waals surface area contributed by atoms with E-state index in [2.05, 4.69) is 10.6 Å². The number of amides is 2. The molecule has 0 saturated carbocycles. The molecule has 2 amide bonds. The topological polar surface area (TPSA) is 103 Å². The Balaban J connectivity index is 1.82. The number of likely N-dealkylation sites (N-methyl/N-ethyl adjacent to an activating group) is 2. The Morgan fingerprint density at radius 2 is 1.37 bits per heavy atom. The van der Waals surface area contributed by atoms with Gasteiger partial charge in [-0.2, -0.15) is 0 Å². The lowest BCUT2D eigenvalue weighted by atomic mass is 9.86. The van der Waals surface area contributed by atoms with Crippen LogP contribution >= 0.6 is 0 Å². The molecule has 182 valence electrons. The van der Waals surface area contributed by atoms with E-state index in [0.29, 0.717) is 37.3 Å². The number of ketones is 2. The van der Waals surface area contributed by atoms with Gasteiger partial charge in [-0.25, -0.2) is 0 Å². The molecule has 2 aromatic heterocycles. The van der Waals surface area contributed by atoms with E-state index in [4.69, 9.17) is 0 Å². The van der Waals surface area contributed by atoms with Crippen molar-refractivity contribution in [3.05, 3.63) is 76.1 Å².